The van der Waals surface area contributed by atoms with Crippen molar-refractivity contribution in [1.82, 2.24) is 0 Å². The van der Waals surface area contributed by atoms with E-state index in [1.807, 2.05) is 24.3 Å². The van der Waals surface area contributed by atoms with Crippen molar-refractivity contribution in [3.8, 4) is 17.6 Å². The van der Waals surface area contributed by atoms with Crippen LogP contribution in [-0.4, -0.2) is 6.54 Å². The molecule has 0 unspecified atom stereocenters. The molecule has 0 saturated carbocycles. The molecule has 0 saturated heterocycles. The summed E-state index contributed by atoms with van der Waals surface area (Å²) >= 11 is 17.9. The Hall–Kier alpha value is -1.37. The lowest BCUT2D eigenvalue weighted by Gasteiger charge is -2.09. The Labute approximate surface area is 138 Å². The van der Waals surface area contributed by atoms with Gasteiger partial charge in [-0.2, -0.15) is 0 Å². The van der Waals surface area contributed by atoms with E-state index >= 15 is 0 Å². The van der Waals surface area contributed by atoms with Gasteiger partial charge in [-0.3, -0.25) is 0 Å². The van der Waals surface area contributed by atoms with Crippen LogP contribution in [0.15, 0.2) is 36.4 Å². The standard InChI is InChI=1S/C16H12Cl3NO/c17-13-8-15(19)16(9-14(13)18)21-10-12-5-3-11(4-6-12)2-1-7-20/h3-6,8-9H,7,10,20H2. The molecule has 0 atom stereocenters. The molecule has 2 aromatic rings. The average Bonchev–Trinajstić information content (AvgIpc) is 2.48. The molecule has 0 amide bonds. The van der Waals surface area contributed by atoms with Crippen LogP contribution in [0.25, 0.3) is 0 Å². The van der Waals surface area contributed by atoms with E-state index in [9.17, 15) is 0 Å². The molecular weight excluding hydrogens is 329 g/mol. The topological polar surface area (TPSA) is 35.2 Å². The van der Waals surface area contributed by atoms with Gasteiger partial charge in [-0.05, 0) is 23.8 Å². The van der Waals surface area contributed by atoms with Gasteiger partial charge in [0.2, 0.25) is 0 Å². The first-order valence-electron chi connectivity index (χ1n) is 6.15. The molecule has 21 heavy (non-hydrogen) atoms. The highest BCUT2D eigenvalue weighted by molar-refractivity contribution is 6.43. The fourth-order valence-electron chi connectivity index (χ4n) is 1.61. The van der Waals surface area contributed by atoms with Gasteiger partial charge in [0.25, 0.3) is 0 Å². The van der Waals surface area contributed by atoms with Crippen LogP contribution in [0.3, 0.4) is 0 Å². The predicted molar refractivity (Wildman–Crippen MR) is 88.2 cm³/mol. The van der Waals surface area contributed by atoms with Crippen molar-refractivity contribution in [2.24, 2.45) is 5.73 Å². The number of rotatable bonds is 3. The fraction of sp³-hybridized carbons (Fsp3) is 0.125. The van der Waals surface area contributed by atoms with Crippen LogP contribution in [0, 0.1) is 11.8 Å². The summed E-state index contributed by atoms with van der Waals surface area (Å²) in [5.41, 5.74) is 7.24. The molecular formula is C16H12Cl3NO. The van der Waals surface area contributed by atoms with E-state index in [0.29, 0.717) is 34.0 Å². The van der Waals surface area contributed by atoms with Gasteiger partial charge < -0.3 is 10.5 Å². The SMILES string of the molecule is NCC#Cc1ccc(COc2cc(Cl)c(Cl)cc2Cl)cc1. The smallest absolute Gasteiger partial charge is 0.139 e. The van der Waals surface area contributed by atoms with Gasteiger partial charge in [-0.1, -0.05) is 58.8 Å². The Bertz CT molecular complexity index is 687. The van der Waals surface area contributed by atoms with E-state index in [1.54, 1.807) is 12.1 Å². The molecule has 0 aliphatic rings. The van der Waals surface area contributed by atoms with E-state index in [2.05, 4.69) is 11.8 Å². The monoisotopic (exact) mass is 339 g/mol. The van der Waals surface area contributed by atoms with Crippen molar-refractivity contribution in [3.05, 3.63) is 62.6 Å². The Morgan fingerprint density at radius 3 is 2.29 bits per heavy atom. The first-order chi connectivity index (χ1) is 10.1. The number of benzene rings is 2. The molecule has 108 valence electrons. The third-order valence-corrected chi connectivity index (χ3v) is 3.68. The lowest BCUT2D eigenvalue weighted by molar-refractivity contribution is 0.306. The average molecular weight is 341 g/mol. The molecule has 5 heteroatoms. The van der Waals surface area contributed by atoms with E-state index in [0.717, 1.165) is 11.1 Å². The maximum absolute atomic E-state index is 6.05. The van der Waals surface area contributed by atoms with Crippen molar-refractivity contribution in [2.45, 2.75) is 6.61 Å². The second kappa shape index (κ2) is 7.59. The molecule has 0 aliphatic heterocycles. The lowest BCUT2D eigenvalue weighted by atomic mass is 10.1. The third-order valence-electron chi connectivity index (χ3n) is 2.66. The van der Waals surface area contributed by atoms with E-state index in [-0.39, 0.29) is 0 Å². The maximum atomic E-state index is 6.05. The third kappa shape index (κ3) is 4.56. The summed E-state index contributed by atoms with van der Waals surface area (Å²) in [6.07, 6.45) is 0. The second-order valence-corrected chi connectivity index (χ2v) is 5.41. The summed E-state index contributed by atoms with van der Waals surface area (Å²) in [5, 5.41) is 1.23. The van der Waals surface area contributed by atoms with E-state index < -0.39 is 0 Å². The van der Waals surface area contributed by atoms with Gasteiger partial charge in [0, 0.05) is 11.6 Å². The van der Waals surface area contributed by atoms with Gasteiger partial charge in [-0.25, -0.2) is 0 Å². The first-order valence-corrected chi connectivity index (χ1v) is 7.29. The number of hydrogen-bond acceptors (Lipinski definition) is 2. The van der Waals surface area contributed by atoms with Gasteiger partial charge >= 0.3 is 0 Å². The summed E-state index contributed by atoms with van der Waals surface area (Å²) in [7, 11) is 0. The quantitative estimate of drug-likeness (QED) is 0.658. The molecule has 0 aliphatic carbocycles. The van der Waals surface area contributed by atoms with Crippen molar-refractivity contribution in [2.75, 3.05) is 6.54 Å². The number of ether oxygens (including phenoxy) is 1. The zero-order valence-corrected chi connectivity index (χ0v) is 13.3. The molecule has 2 rings (SSSR count). The molecule has 0 aromatic heterocycles. The number of nitrogens with two attached hydrogens (primary N) is 1. The highest BCUT2D eigenvalue weighted by Crippen LogP contribution is 2.34. The minimum absolute atomic E-state index is 0.348. The Morgan fingerprint density at radius 1 is 0.952 bits per heavy atom. The molecule has 0 radical (unpaired) electrons. The van der Waals surface area contributed by atoms with Crippen molar-refractivity contribution in [1.29, 1.82) is 0 Å². The summed E-state index contributed by atoms with van der Waals surface area (Å²) in [6.45, 7) is 0.725. The fourth-order valence-corrected chi connectivity index (χ4v) is 2.20. The van der Waals surface area contributed by atoms with Gasteiger partial charge in [0.15, 0.2) is 0 Å². The van der Waals surface area contributed by atoms with Gasteiger partial charge in [0.05, 0.1) is 21.6 Å². The van der Waals surface area contributed by atoms with Crippen LogP contribution < -0.4 is 10.5 Å². The lowest BCUT2D eigenvalue weighted by Crippen LogP contribution is -1.96. The summed E-state index contributed by atoms with van der Waals surface area (Å²) in [6, 6.07) is 10.9. The molecule has 0 fully saturated rings. The zero-order valence-electron chi connectivity index (χ0n) is 11.0. The highest BCUT2D eigenvalue weighted by Gasteiger charge is 2.07. The van der Waals surface area contributed by atoms with Crippen LogP contribution in [0.1, 0.15) is 11.1 Å². The van der Waals surface area contributed by atoms with Gasteiger partial charge in [0.1, 0.15) is 12.4 Å². The van der Waals surface area contributed by atoms with Crippen LogP contribution in [0.2, 0.25) is 15.1 Å². The predicted octanol–water partition coefficient (Wildman–Crippen LogP) is 4.54. The zero-order chi connectivity index (χ0) is 15.2. The summed E-state index contributed by atoms with van der Waals surface area (Å²) in [5.74, 6) is 6.26. The van der Waals surface area contributed by atoms with Crippen LogP contribution >= 0.6 is 34.8 Å². The molecule has 0 bridgehead atoms. The molecule has 2 aromatic carbocycles. The van der Waals surface area contributed by atoms with Crippen molar-refractivity contribution in [3.63, 3.8) is 0 Å². The Kier molecular flexibility index (Phi) is 5.78. The first kappa shape index (κ1) is 16.0. The Balaban J connectivity index is 2.05. The molecule has 2 nitrogen and oxygen atoms in total. The van der Waals surface area contributed by atoms with Crippen molar-refractivity contribution >= 4 is 34.8 Å². The van der Waals surface area contributed by atoms with E-state index in [4.69, 9.17) is 45.3 Å². The van der Waals surface area contributed by atoms with Gasteiger partial charge in [-0.15, -0.1) is 0 Å². The summed E-state index contributed by atoms with van der Waals surface area (Å²) < 4.78 is 5.65. The largest absolute Gasteiger partial charge is 0.487 e. The van der Waals surface area contributed by atoms with Crippen molar-refractivity contribution < 1.29 is 4.74 Å². The maximum Gasteiger partial charge on any atom is 0.139 e. The normalized spacial score (nSPS) is 9.90. The highest BCUT2D eigenvalue weighted by atomic mass is 35.5. The van der Waals surface area contributed by atoms with Crippen LogP contribution in [-0.2, 0) is 6.61 Å². The Morgan fingerprint density at radius 2 is 1.62 bits per heavy atom. The number of halogens is 3. The molecule has 0 heterocycles. The molecule has 2 N–H and O–H groups in total. The number of hydrogen-bond donors (Lipinski definition) is 1. The molecule has 0 spiro atoms. The van der Waals surface area contributed by atoms with Crippen LogP contribution in [0.5, 0.6) is 5.75 Å². The van der Waals surface area contributed by atoms with Crippen LogP contribution in [0.4, 0.5) is 0 Å². The summed E-state index contributed by atoms with van der Waals surface area (Å²) in [4.78, 5) is 0. The minimum atomic E-state index is 0.348. The van der Waals surface area contributed by atoms with E-state index in [1.165, 1.54) is 0 Å². The minimum Gasteiger partial charge on any atom is -0.487 e. The second-order valence-electron chi connectivity index (χ2n) is 4.19.